The lowest BCUT2D eigenvalue weighted by Gasteiger charge is -2.35. The summed E-state index contributed by atoms with van der Waals surface area (Å²) in [6.45, 7) is 8.69. The highest BCUT2D eigenvalue weighted by atomic mass is 31.2. The van der Waals surface area contributed by atoms with Crippen LogP contribution < -0.4 is 15.0 Å². The van der Waals surface area contributed by atoms with Gasteiger partial charge in [0.25, 0.3) is 0 Å². The molecular weight excluding hydrogens is 505 g/mol. The van der Waals surface area contributed by atoms with Gasteiger partial charge in [-0.15, -0.1) is 0 Å². The van der Waals surface area contributed by atoms with Crippen molar-refractivity contribution in [2.24, 2.45) is 0 Å². The minimum Gasteiger partial charge on any atom is -0.496 e. The standard InChI is InChI=1S/C27H36N5O5P/c1-5-36-38(34,37-6-2)16-11-21-17-24-23(18-25(21)35-4)26(29-19-28-24)31-12-14-32(15-13-31)27(33)30-22-9-7-20(3)8-10-22/h7-10,17-19H,5-6,11-16H2,1-4H3,(H,30,33). The summed E-state index contributed by atoms with van der Waals surface area (Å²) in [5, 5.41) is 3.84. The predicted molar refractivity (Wildman–Crippen MR) is 150 cm³/mol. The molecule has 0 spiro atoms. The van der Waals surface area contributed by atoms with E-state index in [9.17, 15) is 9.36 Å². The molecule has 10 nitrogen and oxygen atoms in total. The maximum Gasteiger partial charge on any atom is 0.330 e. The Morgan fingerprint density at radius 2 is 1.71 bits per heavy atom. The SMILES string of the molecule is CCOP(=O)(CCc1cc2ncnc(N3CCN(C(=O)Nc4ccc(C)cc4)CC3)c2cc1OC)OCC. The van der Waals surface area contributed by atoms with Gasteiger partial charge in [0.15, 0.2) is 0 Å². The molecule has 11 heteroatoms. The van der Waals surface area contributed by atoms with Crippen molar-refractivity contribution in [2.45, 2.75) is 27.2 Å². The fraction of sp³-hybridized carbons (Fsp3) is 0.444. The first-order chi connectivity index (χ1) is 18.4. The number of urea groups is 1. The van der Waals surface area contributed by atoms with Crippen molar-refractivity contribution in [3.63, 3.8) is 0 Å². The Hall–Kier alpha value is -3.20. The van der Waals surface area contributed by atoms with Crippen LogP contribution in [0.15, 0.2) is 42.7 Å². The van der Waals surface area contributed by atoms with E-state index in [0.717, 1.165) is 33.5 Å². The van der Waals surface area contributed by atoms with Crippen molar-refractivity contribution in [1.82, 2.24) is 14.9 Å². The van der Waals surface area contributed by atoms with Crippen molar-refractivity contribution < 1.29 is 23.1 Å². The first-order valence-corrected chi connectivity index (χ1v) is 14.7. The molecule has 0 bridgehead atoms. The molecule has 1 aromatic heterocycles. The average Bonchev–Trinajstić information content (AvgIpc) is 2.92. The Kier molecular flexibility index (Phi) is 9.20. The number of aryl methyl sites for hydroxylation is 2. The number of methoxy groups -OCH3 is 1. The maximum atomic E-state index is 13.0. The Labute approximate surface area is 223 Å². The van der Waals surface area contributed by atoms with Crippen LogP contribution in [-0.2, 0) is 20.0 Å². The summed E-state index contributed by atoms with van der Waals surface area (Å²) < 4.78 is 29.5. The van der Waals surface area contributed by atoms with E-state index >= 15 is 0 Å². The first kappa shape index (κ1) is 27.8. The quantitative estimate of drug-likeness (QED) is 0.353. The van der Waals surface area contributed by atoms with Crippen molar-refractivity contribution in [3.8, 4) is 5.75 Å². The number of nitrogens with zero attached hydrogens (tertiary/aromatic N) is 4. The molecule has 0 aliphatic carbocycles. The minimum atomic E-state index is -3.18. The van der Waals surface area contributed by atoms with Gasteiger partial charge in [0, 0.05) is 37.3 Å². The van der Waals surface area contributed by atoms with Crippen molar-refractivity contribution in [1.29, 1.82) is 0 Å². The molecule has 1 saturated heterocycles. The molecule has 0 atom stereocenters. The number of hydrogen-bond acceptors (Lipinski definition) is 8. The highest BCUT2D eigenvalue weighted by Crippen LogP contribution is 2.49. The van der Waals surface area contributed by atoms with Gasteiger partial charge in [-0.25, -0.2) is 14.8 Å². The number of benzene rings is 2. The zero-order chi connectivity index (χ0) is 27.1. The number of carbonyl (C=O) groups excluding carboxylic acids is 1. The number of aromatic nitrogens is 2. The molecule has 1 aliphatic heterocycles. The van der Waals surface area contributed by atoms with Crippen LogP contribution in [0.2, 0.25) is 0 Å². The van der Waals surface area contributed by atoms with Crippen LogP contribution in [0.4, 0.5) is 16.3 Å². The van der Waals surface area contributed by atoms with Crippen LogP contribution in [0.1, 0.15) is 25.0 Å². The average molecular weight is 542 g/mol. The van der Waals surface area contributed by atoms with E-state index in [0.29, 0.717) is 51.6 Å². The number of anilines is 2. The summed E-state index contributed by atoms with van der Waals surface area (Å²) in [5.74, 6) is 1.47. The lowest BCUT2D eigenvalue weighted by atomic mass is 10.1. The van der Waals surface area contributed by atoms with Crippen LogP contribution in [0, 0.1) is 6.92 Å². The molecule has 2 heterocycles. The van der Waals surface area contributed by atoms with Gasteiger partial charge in [-0.05, 0) is 57.0 Å². The Bertz CT molecular complexity index is 1290. The number of rotatable bonds is 10. The normalized spacial score (nSPS) is 14.1. The molecule has 38 heavy (non-hydrogen) atoms. The smallest absolute Gasteiger partial charge is 0.330 e. The molecule has 1 fully saturated rings. The van der Waals surface area contributed by atoms with Crippen LogP contribution in [-0.4, -0.2) is 73.6 Å². The first-order valence-electron chi connectivity index (χ1n) is 12.9. The lowest BCUT2D eigenvalue weighted by Crippen LogP contribution is -2.50. The summed E-state index contributed by atoms with van der Waals surface area (Å²) in [6.07, 6.45) is 2.27. The lowest BCUT2D eigenvalue weighted by molar-refractivity contribution is 0.208. The fourth-order valence-corrected chi connectivity index (χ4v) is 6.16. The second-order valence-corrected chi connectivity index (χ2v) is 11.3. The largest absolute Gasteiger partial charge is 0.496 e. The van der Waals surface area contributed by atoms with Crippen LogP contribution in [0.5, 0.6) is 5.75 Å². The van der Waals surface area contributed by atoms with Crippen molar-refractivity contribution in [3.05, 3.63) is 53.9 Å². The van der Waals surface area contributed by atoms with E-state index in [1.807, 2.05) is 48.2 Å². The molecular formula is C27H36N5O5P. The van der Waals surface area contributed by atoms with Crippen molar-refractivity contribution >= 4 is 36.0 Å². The molecule has 3 aromatic rings. The van der Waals surface area contributed by atoms with Gasteiger partial charge in [0.2, 0.25) is 0 Å². The van der Waals surface area contributed by atoms with Crippen LogP contribution in [0.3, 0.4) is 0 Å². The Morgan fingerprint density at radius 1 is 1.03 bits per heavy atom. The topological polar surface area (TPSA) is 106 Å². The van der Waals surface area contributed by atoms with Gasteiger partial charge in [0.1, 0.15) is 17.9 Å². The van der Waals surface area contributed by atoms with E-state index in [4.69, 9.17) is 13.8 Å². The molecule has 1 aliphatic rings. The van der Waals surface area contributed by atoms with E-state index in [1.54, 1.807) is 27.3 Å². The Balaban J connectivity index is 1.47. The number of piperazine rings is 1. The molecule has 1 N–H and O–H groups in total. The Morgan fingerprint density at radius 3 is 2.34 bits per heavy atom. The molecule has 4 rings (SSSR count). The van der Waals surface area contributed by atoms with E-state index in [1.165, 1.54) is 0 Å². The van der Waals surface area contributed by atoms with Crippen molar-refractivity contribution in [2.75, 3.05) is 62.9 Å². The molecule has 2 aromatic carbocycles. The summed E-state index contributed by atoms with van der Waals surface area (Å²) in [7, 11) is -1.56. The third kappa shape index (κ3) is 6.62. The third-order valence-electron chi connectivity index (χ3n) is 6.49. The second kappa shape index (κ2) is 12.6. The van der Waals surface area contributed by atoms with Gasteiger partial charge < -0.3 is 28.9 Å². The fourth-order valence-electron chi connectivity index (χ4n) is 4.53. The molecule has 2 amide bonds. The van der Waals surface area contributed by atoms with Gasteiger partial charge in [-0.2, -0.15) is 0 Å². The van der Waals surface area contributed by atoms with E-state index in [2.05, 4.69) is 20.2 Å². The zero-order valence-corrected chi connectivity index (χ0v) is 23.4. The maximum absolute atomic E-state index is 13.0. The molecule has 0 saturated carbocycles. The predicted octanol–water partition coefficient (Wildman–Crippen LogP) is 5.11. The molecule has 204 valence electrons. The van der Waals surface area contributed by atoms with Crippen LogP contribution >= 0.6 is 7.60 Å². The molecule has 0 unspecified atom stereocenters. The summed E-state index contributed by atoms with van der Waals surface area (Å²) in [5.41, 5.74) is 3.58. The van der Waals surface area contributed by atoms with Gasteiger partial charge in [-0.1, -0.05) is 17.7 Å². The molecule has 0 radical (unpaired) electrons. The van der Waals surface area contributed by atoms with Gasteiger partial charge in [0.05, 0.1) is 32.0 Å². The highest BCUT2D eigenvalue weighted by molar-refractivity contribution is 7.53. The number of amides is 2. The highest BCUT2D eigenvalue weighted by Gasteiger charge is 2.26. The summed E-state index contributed by atoms with van der Waals surface area (Å²) in [4.78, 5) is 25.8. The third-order valence-corrected chi connectivity index (χ3v) is 8.57. The number of hydrogen-bond donors (Lipinski definition) is 1. The number of carbonyl (C=O) groups is 1. The monoisotopic (exact) mass is 541 g/mol. The number of fused-ring (bicyclic) bond motifs is 1. The van der Waals surface area contributed by atoms with Gasteiger partial charge in [-0.3, -0.25) is 4.57 Å². The second-order valence-electron chi connectivity index (χ2n) is 9.07. The van der Waals surface area contributed by atoms with E-state index in [-0.39, 0.29) is 12.2 Å². The number of nitrogens with one attached hydrogen (secondary N) is 1. The van der Waals surface area contributed by atoms with E-state index < -0.39 is 7.60 Å². The number of ether oxygens (including phenoxy) is 1. The summed E-state index contributed by atoms with van der Waals surface area (Å²) in [6, 6.07) is 11.5. The van der Waals surface area contributed by atoms with Gasteiger partial charge >= 0.3 is 13.6 Å². The minimum absolute atomic E-state index is 0.108. The van der Waals surface area contributed by atoms with Crippen LogP contribution in [0.25, 0.3) is 10.9 Å². The zero-order valence-electron chi connectivity index (χ0n) is 22.5. The summed E-state index contributed by atoms with van der Waals surface area (Å²) >= 11 is 0.